The van der Waals surface area contributed by atoms with Gasteiger partial charge in [-0.1, -0.05) is 57.4 Å². The number of aliphatic carboxylic acids is 1. The zero-order chi connectivity index (χ0) is 18.9. The predicted molar refractivity (Wildman–Crippen MR) is 98.4 cm³/mol. The summed E-state index contributed by atoms with van der Waals surface area (Å²) in [5.74, 6) is -2.10. The van der Waals surface area contributed by atoms with Crippen LogP contribution >= 0.6 is 0 Å². The Balaban J connectivity index is 2.04. The molecule has 0 bridgehead atoms. The van der Waals surface area contributed by atoms with E-state index in [1.54, 1.807) is 12.1 Å². The summed E-state index contributed by atoms with van der Waals surface area (Å²) < 4.78 is 0. The van der Waals surface area contributed by atoms with Crippen molar-refractivity contribution in [1.82, 2.24) is 0 Å². The van der Waals surface area contributed by atoms with Crippen molar-refractivity contribution in [2.75, 3.05) is 5.32 Å². The number of amides is 1. The van der Waals surface area contributed by atoms with Gasteiger partial charge in [-0.3, -0.25) is 14.4 Å². The summed E-state index contributed by atoms with van der Waals surface area (Å²) in [6, 6.07) is 4.57. The lowest BCUT2D eigenvalue weighted by molar-refractivity contribution is -0.139. The van der Waals surface area contributed by atoms with Gasteiger partial charge in [0.05, 0.1) is 11.3 Å². The van der Waals surface area contributed by atoms with Crippen LogP contribution in [-0.4, -0.2) is 27.9 Å². The topological polar surface area (TPSA) is 104 Å². The molecule has 0 spiro atoms. The highest BCUT2D eigenvalue weighted by Gasteiger charge is 2.20. The molecule has 2 rings (SSSR count). The van der Waals surface area contributed by atoms with Crippen LogP contribution in [-0.2, 0) is 9.59 Å². The van der Waals surface area contributed by atoms with Crippen LogP contribution in [0.2, 0.25) is 0 Å². The van der Waals surface area contributed by atoms with E-state index in [1.807, 2.05) is 0 Å². The van der Waals surface area contributed by atoms with Gasteiger partial charge in [0.2, 0.25) is 5.91 Å². The van der Waals surface area contributed by atoms with E-state index in [-0.39, 0.29) is 22.8 Å². The van der Waals surface area contributed by atoms with Crippen LogP contribution in [0.3, 0.4) is 0 Å². The Morgan fingerprint density at radius 1 is 1.00 bits per heavy atom. The molecule has 3 N–H and O–H groups in total. The van der Waals surface area contributed by atoms with Crippen LogP contribution in [0.1, 0.15) is 74.6 Å². The van der Waals surface area contributed by atoms with Gasteiger partial charge in [0.25, 0.3) is 0 Å². The van der Waals surface area contributed by atoms with Crippen molar-refractivity contribution in [2.45, 2.75) is 64.2 Å². The number of rotatable bonds is 6. The quantitative estimate of drug-likeness (QED) is 0.401. The number of Topliss-reactive ketones (excluding diaryl/α,β-unsaturated/α-hetero) is 1. The molecule has 26 heavy (non-hydrogen) atoms. The largest absolute Gasteiger partial charge is 0.505 e. The van der Waals surface area contributed by atoms with Gasteiger partial charge in [0, 0.05) is 6.42 Å². The molecule has 1 saturated carbocycles. The van der Waals surface area contributed by atoms with Gasteiger partial charge in [-0.15, -0.1) is 0 Å². The monoisotopic (exact) mass is 361 g/mol. The summed E-state index contributed by atoms with van der Waals surface area (Å²) in [5.41, 5.74) is 0.245. The molecule has 1 aromatic carbocycles. The molecule has 142 valence electrons. The van der Waals surface area contributed by atoms with E-state index in [1.165, 1.54) is 31.7 Å². The van der Waals surface area contributed by atoms with Crippen molar-refractivity contribution >= 4 is 23.3 Å². The van der Waals surface area contributed by atoms with Gasteiger partial charge >= 0.3 is 5.97 Å². The zero-order valence-corrected chi connectivity index (χ0v) is 15.0. The maximum Gasteiger partial charge on any atom is 0.312 e. The Kier molecular flexibility index (Phi) is 7.63. The number of carbonyl (C=O) groups excluding carboxylic acids is 2. The molecule has 1 aliphatic rings. The van der Waals surface area contributed by atoms with Gasteiger partial charge in [-0.2, -0.15) is 0 Å². The minimum absolute atomic E-state index is 0.0663. The van der Waals surface area contributed by atoms with Crippen molar-refractivity contribution < 1.29 is 24.6 Å². The van der Waals surface area contributed by atoms with E-state index in [0.717, 1.165) is 25.7 Å². The molecule has 1 aliphatic carbocycles. The second-order valence-corrected chi connectivity index (χ2v) is 7.01. The van der Waals surface area contributed by atoms with Crippen LogP contribution in [0.15, 0.2) is 18.2 Å². The number of carbonyl (C=O) groups is 3. The summed E-state index contributed by atoms with van der Waals surface area (Å²) in [6.07, 6.45) is 8.97. The Labute approximate surface area is 153 Å². The molecule has 0 aliphatic heterocycles. The van der Waals surface area contributed by atoms with E-state index in [9.17, 15) is 19.5 Å². The van der Waals surface area contributed by atoms with Gasteiger partial charge in [0.15, 0.2) is 5.78 Å². The number of hydrogen-bond donors (Lipinski definition) is 3. The van der Waals surface area contributed by atoms with Gasteiger partial charge in [0.1, 0.15) is 12.2 Å². The molecule has 6 nitrogen and oxygen atoms in total. The third kappa shape index (κ3) is 6.17. The standard InChI is InChI=1S/C20H27NO5/c22-17(12-14-8-5-3-1-2-4-6-9-14)15-10-7-11-16(20(15)26)21-18(23)13-19(24)25/h7,10-11,14,26H,1-6,8-9,12-13H2,(H,21,23)(H,24,25). The van der Waals surface area contributed by atoms with E-state index < -0.39 is 18.3 Å². The number of carboxylic acids is 1. The summed E-state index contributed by atoms with van der Waals surface area (Å²) in [6.45, 7) is 0. The van der Waals surface area contributed by atoms with Crippen LogP contribution in [0.5, 0.6) is 5.75 Å². The molecular formula is C20H27NO5. The molecule has 0 unspecified atom stereocenters. The third-order valence-electron chi connectivity index (χ3n) is 4.87. The molecule has 0 radical (unpaired) electrons. The first kappa shape index (κ1) is 19.9. The lowest BCUT2D eigenvalue weighted by atomic mass is 9.89. The van der Waals surface area contributed by atoms with Gasteiger partial charge in [-0.25, -0.2) is 0 Å². The van der Waals surface area contributed by atoms with Crippen molar-refractivity contribution in [3.8, 4) is 5.75 Å². The lowest BCUT2D eigenvalue weighted by Gasteiger charge is -2.16. The maximum atomic E-state index is 12.7. The molecule has 0 saturated heterocycles. The second-order valence-electron chi connectivity index (χ2n) is 7.01. The number of anilines is 1. The molecular weight excluding hydrogens is 334 g/mol. The number of hydrogen-bond acceptors (Lipinski definition) is 4. The van der Waals surface area contributed by atoms with Crippen molar-refractivity contribution in [2.24, 2.45) is 5.92 Å². The number of benzene rings is 1. The third-order valence-corrected chi connectivity index (χ3v) is 4.87. The maximum absolute atomic E-state index is 12.7. The first-order valence-electron chi connectivity index (χ1n) is 9.34. The van der Waals surface area contributed by atoms with Gasteiger partial charge in [-0.05, 0) is 18.1 Å². The fraction of sp³-hybridized carbons (Fsp3) is 0.550. The fourth-order valence-electron chi connectivity index (χ4n) is 3.49. The van der Waals surface area contributed by atoms with Crippen LogP contribution < -0.4 is 5.32 Å². The molecule has 1 aromatic rings. The second kappa shape index (κ2) is 9.94. The molecule has 0 atom stereocenters. The van der Waals surface area contributed by atoms with Crippen LogP contribution in [0, 0.1) is 5.92 Å². The number of aromatic hydroxyl groups is 1. The minimum Gasteiger partial charge on any atom is -0.505 e. The highest BCUT2D eigenvalue weighted by Crippen LogP contribution is 2.31. The highest BCUT2D eigenvalue weighted by molar-refractivity contribution is 6.05. The lowest BCUT2D eigenvalue weighted by Crippen LogP contribution is -2.16. The summed E-state index contributed by atoms with van der Waals surface area (Å²) >= 11 is 0. The zero-order valence-electron chi connectivity index (χ0n) is 15.0. The average Bonchev–Trinajstić information content (AvgIpc) is 2.70. The van der Waals surface area contributed by atoms with Crippen molar-refractivity contribution in [1.29, 1.82) is 0 Å². The van der Waals surface area contributed by atoms with E-state index >= 15 is 0 Å². The Morgan fingerprint density at radius 3 is 2.23 bits per heavy atom. The SMILES string of the molecule is O=C(O)CC(=O)Nc1cccc(C(=O)CC2CCCCCCCC2)c1O. The van der Waals surface area contributed by atoms with E-state index in [0.29, 0.717) is 12.3 Å². The summed E-state index contributed by atoms with van der Waals surface area (Å²) in [4.78, 5) is 34.8. The molecule has 6 heteroatoms. The van der Waals surface area contributed by atoms with E-state index in [4.69, 9.17) is 5.11 Å². The minimum atomic E-state index is -1.26. The Bertz CT molecular complexity index is 646. The number of para-hydroxylation sites is 1. The molecule has 0 heterocycles. The number of carboxylic acid groups (broad SMARTS) is 1. The number of nitrogens with one attached hydrogen (secondary N) is 1. The average molecular weight is 361 g/mol. The first-order chi connectivity index (χ1) is 12.5. The Hall–Kier alpha value is -2.37. The van der Waals surface area contributed by atoms with Gasteiger partial charge < -0.3 is 15.5 Å². The first-order valence-corrected chi connectivity index (χ1v) is 9.34. The molecule has 0 aromatic heterocycles. The van der Waals surface area contributed by atoms with E-state index in [2.05, 4.69) is 5.32 Å². The fourth-order valence-corrected chi connectivity index (χ4v) is 3.49. The predicted octanol–water partition coefficient (Wildman–Crippen LogP) is 4.13. The number of phenols is 1. The highest BCUT2D eigenvalue weighted by atomic mass is 16.4. The van der Waals surface area contributed by atoms with Crippen LogP contribution in [0.4, 0.5) is 5.69 Å². The van der Waals surface area contributed by atoms with Crippen molar-refractivity contribution in [3.63, 3.8) is 0 Å². The molecule has 1 fully saturated rings. The smallest absolute Gasteiger partial charge is 0.312 e. The normalized spacial score (nSPS) is 16.2. The van der Waals surface area contributed by atoms with Crippen molar-refractivity contribution in [3.05, 3.63) is 23.8 Å². The van der Waals surface area contributed by atoms with Crippen LogP contribution in [0.25, 0.3) is 0 Å². The Morgan fingerprint density at radius 2 is 1.62 bits per heavy atom. The summed E-state index contributed by atoms with van der Waals surface area (Å²) in [5, 5.41) is 21.3. The summed E-state index contributed by atoms with van der Waals surface area (Å²) in [7, 11) is 0. The number of ketones is 1. The number of phenolic OH excluding ortho intramolecular Hbond substituents is 1. The molecule has 1 amide bonds.